The number of hydrogen-bond donors (Lipinski definition) is 2. The van der Waals surface area contributed by atoms with Crippen molar-refractivity contribution >= 4 is 29.1 Å². The maximum Gasteiger partial charge on any atom is 0.434 e. The Labute approximate surface area is 230 Å². The Kier molecular flexibility index (Phi) is 7.26. The number of aromatic nitrogens is 2. The minimum atomic E-state index is -4.84. The van der Waals surface area contributed by atoms with Gasteiger partial charge in [0.05, 0.1) is 33.7 Å². The lowest BCUT2D eigenvalue weighted by molar-refractivity contribution is -0.141. The SMILES string of the molecule is O=C(NC1CCC(CN2C(=O)C(O)(c3ccc(F)cn3)c3c(F)cccc32)CC1)c1cc(Cl)cnc1C(F)(F)F. The summed E-state index contributed by atoms with van der Waals surface area (Å²) in [5.41, 5.74) is -4.76. The molecule has 2 N–H and O–H groups in total. The van der Waals surface area contributed by atoms with Crippen LogP contribution < -0.4 is 10.2 Å². The smallest absolute Gasteiger partial charge is 0.370 e. The third-order valence-electron chi connectivity index (χ3n) is 7.29. The van der Waals surface area contributed by atoms with Crippen molar-refractivity contribution in [1.82, 2.24) is 15.3 Å². The van der Waals surface area contributed by atoms with E-state index < -0.39 is 52.5 Å². The van der Waals surface area contributed by atoms with E-state index in [2.05, 4.69) is 15.3 Å². The Morgan fingerprint density at radius 2 is 1.82 bits per heavy atom. The molecule has 2 amide bonds. The number of alkyl halides is 3. The first-order valence-corrected chi connectivity index (χ1v) is 12.8. The van der Waals surface area contributed by atoms with Crippen LogP contribution in [-0.2, 0) is 16.6 Å². The van der Waals surface area contributed by atoms with E-state index in [1.54, 1.807) is 0 Å². The van der Waals surface area contributed by atoms with Crippen LogP contribution in [0, 0.1) is 17.6 Å². The average Bonchev–Trinajstić information content (AvgIpc) is 3.12. The number of fused-ring (bicyclic) bond motifs is 1. The summed E-state index contributed by atoms with van der Waals surface area (Å²) < 4.78 is 68.4. The Hall–Kier alpha value is -3.64. The maximum atomic E-state index is 15.0. The van der Waals surface area contributed by atoms with Gasteiger partial charge in [-0.2, -0.15) is 13.2 Å². The Morgan fingerprint density at radius 3 is 2.48 bits per heavy atom. The number of carbonyl (C=O) groups excluding carboxylic acids is 2. The molecule has 1 saturated carbocycles. The van der Waals surface area contributed by atoms with Gasteiger partial charge in [-0.05, 0) is 61.9 Å². The summed E-state index contributed by atoms with van der Waals surface area (Å²) >= 11 is 5.77. The number of halogens is 6. The zero-order chi connectivity index (χ0) is 28.8. The Balaban J connectivity index is 1.29. The number of aliphatic hydroxyl groups is 1. The molecule has 1 fully saturated rings. The molecule has 2 aliphatic rings. The summed E-state index contributed by atoms with van der Waals surface area (Å²) in [4.78, 5) is 34.6. The lowest BCUT2D eigenvalue weighted by Crippen LogP contribution is -2.45. The first-order valence-electron chi connectivity index (χ1n) is 12.4. The summed E-state index contributed by atoms with van der Waals surface area (Å²) in [6, 6.07) is 6.65. The molecule has 0 saturated heterocycles. The number of anilines is 1. The number of nitrogens with one attached hydrogen (secondary N) is 1. The lowest BCUT2D eigenvalue weighted by Gasteiger charge is -2.32. The third-order valence-corrected chi connectivity index (χ3v) is 7.49. The first-order chi connectivity index (χ1) is 18.9. The van der Waals surface area contributed by atoms with Crippen molar-refractivity contribution in [1.29, 1.82) is 0 Å². The summed E-state index contributed by atoms with van der Waals surface area (Å²) in [6.45, 7) is 0.121. The van der Waals surface area contributed by atoms with E-state index in [9.17, 15) is 36.6 Å². The molecule has 40 heavy (non-hydrogen) atoms. The predicted octanol–water partition coefficient (Wildman–Crippen LogP) is 5.00. The molecule has 1 unspecified atom stereocenters. The van der Waals surface area contributed by atoms with Crippen molar-refractivity contribution in [2.45, 2.75) is 43.5 Å². The van der Waals surface area contributed by atoms with Crippen molar-refractivity contribution in [2.75, 3.05) is 11.4 Å². The molecule has 1 aromatic carbocycles. The highest BCUT2D eigenvalue weighted by Gasteiger charge is 2.54. The predicted molar refractivity (Wildman–Crippen MR) is 133 cm³/mol. The molecule has 210 valence electrons. The van der Waals surface area contributed by atoms with Gasteiger partial charge in [-0.25, -0.2) is 13.8 Å². The largest absolute Gasteiger partial charge is 0.434 e. The van der Waals surface area contributed by atoms with Crippen LogP contribution in [0.2, 0.25) is 5.02 Å². The molecule has 7 nitrogen and oxygen atoms in total. The second-order valence-corrected chi connectivity index (χ2v) is 10.3. The van der Waals surface area contributed by atoms with Gasteiger partial charge in [0.15, 0.2) is 5.69 Å². The maximum absolute atomic E-state index is 15.0. The van der Waals surface area contributed by atoms with Crippen LogP contribution in [0.3, 0.4) is 0 Å². The van der Waals surface area contributed by atoms with E-state index in [1.807, 2.05) is 0 Å². The molecular weight excluding hydrogens is 559 g/mol. The standard InChI is InChI=1S/C27H22ClF5N4O3/c28-15-10-18(23(35-11-15)27(31,32)33)24(38)36-17-7-4-14(5-8-17)13-37-20-3-1-2-19(30)22(20)26(40,25(37)39)21-9-6-16(29)12-34-21/h1-3,6,9-12,14,17,40H,4-5,7-8,13H2,(H,36,38). The van der Waals surface area contributed by atoms with Gasteiger partial charge in [0.2, 0.25) is 5.60 Å². The minimum Gasteiger partial charge on any atom is -0.370 e. The fourth-order valence-electron chi connectivity index (χ4n) is 5.37. The van der Waals surface area contributed by atoms with E-state index in [0.717, 1.165) is 36.7 Å². The second-order valence-electron chi connectivity index (χ2n) is 9.86. The van der Waals surface area contributed by atoms with Gasteiger partial charge in [-0.1, -0.05) is 17.7 Å². The fourth-order valence-corrected chi connectivity index (χ4v) is 5.52. The van der Waals surface area contributed by atoms with Gasteiger partial charge in [-0.15, -0.1) is 0 Å². The third kappa shape index (κ3) is 5.01. The van der Waals surface area contributed by atoms with E-state index in [0.29, 0.717) is 25.7 Å². The van der Waals surface area contributed by atoms with E-state index in [4.69, 9.17) is 11.6 Å². The molecule has 2 aromatic heterocycles. The molecule has 1 aliphatic heterocycles. The van der Waals surface area contributed by atoms with Crippen LogP contribution >= 0.6 is 11.6 Å². The first kappa shape index (κ1) is 27.9. The van der Waals surface area contributed by atoms with Crippen molar-refractivity contribution < 1.29 is 36.6 Å². The van der Waals surface area contributed by atoms with Crippen LogP contribution in [-0.4, -0.2) is 39.5 Å². The molecule has 0 radical (unpaired) electrons. The van der Waals surface area contributed by atoms with E-state index in [-0.39, 0.29) is 34.4 Å². The molecule has 0 bridgehead atoms. The molecule has 3 aromatic rings. The summed E-state index contributed by atoms with van der Waals surface area (Å²) in [6.07, 6.45) is -1.38. The van der Waals surface area contributed by atoms with Crippen molar-refractivity contribution in [3.63, 3.8) is 0 Å². The van der Waals surface area contributed by atoms with Crippen molar-refractivity contribution in [2.24, 2.45) is 5.92 Å². The monoisotopic (exact) mass is 580 g/mol. The molecule has 3 heterocycles. The van der Waals surface area contributed by atoms with Gasteiger partial charge >= 0.3 is 6.18 Å². The summed E-state index contributed by atoms with van der Waals surface area (Å²) in [7, 11) is 0. The molecule has 1 aliphatic carbocycles. The normalized spacial score (nSPS) is 22.8. The highest BCUT2D eigenvalue weighted by Crippen LogP contribution is 2.46. The number of benzene rings is 1. The number of rotatable bonds is 5. The van der Waals surface area contributed by atoms with Gasteiger partial charge in [-0.3, -0.25) is 14.6 Å². The molecule has 13 heteroatoms. The molecular formula is C27H22ClF5N4O3. The highest BCUT2D eigenvalue weighted by molar-refractivity contribution is 6.30. The zero-order valence-electron chi connectivity index (χ0n) is 20.7. The zero-order valence-corrected chi connectivity index (χ0v) is 21.4. The fraction of sp³-hybridized carbons (Fsp3) is 0.333. The quantitative estimate of drug-likeness (QED) is 0.414. The lowest BCUT2D eigenvalue weighted by atomic mass is 9.85. The van der Waals surface area contributed by atoms with E-state index in [1.165, 1.54) is 17.0 Å². The molecule has 5 rings (SSSR count). The number of carbonyl (C=O) groups is 2. The molecule has 1 atom stereocenters. The summed E-state index contributed by atoms with van der Waals surface area (Å²) in [5, 5.41) is 14.0. The number of pyridine rings is 2. The second kappa shape index (κ2) is 10.4. The van der Waals surface area contributed by atoms with Crippen molar-refractivity contribution in [3.8, 4) is 0 Å². The van der Waals surface area contributed by atoms with Gasteiger partial charge in [0.1, 0.15) is 11.6 Å². The van der Waals surface area contributed by atoms with Crippen LogP contribution in [0.25, 0.3) is 0 Å². The molecule has 0 spiro atoms. The highest BCUT2D eigenvalue weighted by atomic mass is 35.5. The van der Waals surface area contributed by atoms with Gasteiger partial charge in [0.25, 0.3) is 11.8 Å². The van der Waals surface area contributed by atoms with Gasteiger partial charge in [0, 0.05) is 18.8 Å². The van der Waals surface area contributed by atoms with Gasteiger partial charge < -0.3 is 15.3 Å². The van der Waals surface area contributed by atoms with Crippen LogP contribution in [0.4, 0.5) is 27.6 Å². The topological polar surface area (TPSA) is 95.4 Å². The Bertz CT molecular complexity index is 1460. The van der Waals surface area contributed by atoms with E-state index >= 15 is 0 Å². The number of amides is 2. The number of hydrogen-bond acceptors (Lipinski definition) is 5. The summed E-state index contributed by atoms with van der Waals surface area (Å²) in [5.74, 6) is -3.39. The van der Waals surface area contributed by atoms with Crippen LogP contribution in [0.5, 0.6) is 0 Å². The van der Waals surface area contributed by atoms with Crippen molar-refractivity contribution in [3.05, 3.63) is 88.0 Å². The Morgan fingerprint density at radius 1 is 1.10 bits per heavy atom. The van der Waals surface area contributed by atoms with Crippen LogP contribution in [0.15, 0.2) is 48.8 Å². The average molecular weight is 581 g/mol. The van der Waals surface area contributed by atoms with Crippen LogP contribution in [0.1, 0.15) is 53.0 Å². The number of nitrogens with zero attached hydrogens (tertiary/aromatic N) is 3. The minimum absolute atomic E-state index is 0.107.